The molecular weight excluding hydrogens is 432 g/mol. The average Bonchev–Trinajstić information content (AvgIpc) is 3.41. The van der Waals surface area contributed by atoms with Gasteiger partial charge >= 0.3 is 6.09 Å². The van der Waals surface area contributed by atoms with Crippen molar-refractivity contribution in [3.63, 3.8) is 0 Å². The molecule has 32 heavy (non-hydrogen) atoms. The zero-order valence-corrected chi connectivity index (χ0v) is 19.4. The van der Waals surface area contributed by atoms with Gasteiger partial charge in [0.25, 0.3) is 5.91 Å². The molecule has 3 amide bonds. The van der Waals surface area contributed by atoms with Crippen LogP contribution in [0.1, 0.15) is 54.7 Å². The topological polar surface area (TPSA) is 105 Å². The Bertz CT molecular complexity index is 995. The number of amides is 3. The van der Waals surface area contributed by atoms with Crippen LogP contribution >= 0.6 is 11.3 Å². The van der Waals surface area contributed by atoms with Crippen LogP contribution in [0.15, 0.2) is 22.8 Å². The number of thiazole rings is 1. The van der Waals surface area contributed by atoms with Crippen LogP contribution in [0.5, 0.6) is 0 Å². The number of hydrogen-bond donors (Lipinski definition) is 1. The Hall–Kier alpha value is -2.88. The van der Waals surface area contributed by atoms with Crippen molar-refractivity contribution in [1.82, 2.24) is 14.8 Å². The highest BCUT2D eigenvalue weighted by atomic mass is 32.1. The van der Waals surface area contributed by atoms with Gasteiger partial charge in [-0.05, 0) is 45.7 Å². The fourth-order valence-corrected chi connectivity index (χ4v) is 4.90. The normalized spacial score (nSPS) is 18.8. The van der Waals surface area contributed by atoms with Crippen molar-refractivity contribution in [2.24, 2.45) is 5.92 Å². The smallest absolute Gasteiger partial charge is 0.410 e. The van der Waals surface area contributed by atoms with E-state index in [1.807, 2.05) is 20.8 Å². The highest BCUT2D eigenvalue weighted by Crippen LogP contribution is 2.30. The van der Waals surface area contributed by atoms with Gasteiger partial charge in [0.1, 0.15) is 5.60 Å². The van der Waals surface area contributed by atoms with Crippen molar-refractivity contribution < 1.29 is 23.5 Å². The second-order valence-corrected chi connectivity index (χ2v) is 10.2. The van der Waals surface area contributed by atoms with E-state index in [1.54, 1.807) is 21.9 Å². The van der Waals surface area contributed by atoms with Gasteiger partial charge in [-0.15, -0.1) is 0 Å². The molecular formula is C22H28N4O5S. The Balaban J connectivity index is 1.36. The molecule has 2 aromatic rings. The largest absolute Gasteiger partial charge is 0.459 e. The van der Waals surface area contributed by atoms with E-state index in [0.717, 1.165) is 17.0 Å². The molecule has 10 heteroatoms. The zero-order chi connectivity index (χ0) is 22.9. The summed E-state index contributed by atoms with van der Waals surface area (Å²) in [5.41, 5.74) is 0.361. The zero-order valence-electron chi connectivity index (χ0n) is 18.6. The van der Waals surface area contributed by atoms with Gasteiger partial charge in [-0.25, -0.2) is 9.78 Å². The molecule has 1 atom stereocenters. The average molecular weight is 461 g/mol. The first kappa shape index (κ1) is 22.3. The summed E-state index contributed by atoms with van der Waals surface area (Å²) in [5, 5.41) is 3.45. The van der Waals surface area contributed by atoms with Crippen molar-refractivity contribution in [3.8, 4) is 0 Å². The van der Waals surface area contributed by atoms with Crippen LogP contribution in [0, 0.1) is 5.92 Å². The van der Waals surface area contributed by atoms with Crippen LogP contribution in [0.25, 0.3) is 0 Å². The molecule has 9 nitrogen and oxygen atoms in total. The minimum absolute atomic E-state index is 0.142. The van der Waals surface area contributed by atoms with Crippen molar-refractivity contribution in [2.75, 3.05) is 25.0 Å². The van der Waals surface area contributed by atoms with Crippen LogP contribution in [0.4, 0.5) is 9.93 Å². The Morgan fingerprint density at radius 3 is 2.78 bits per heavy atom. The third-order valence-electron chi connectivity index (χ3n) is 5.42. The lowest BCUT2D eigenvalue weighted by Gasteiger charge is -2.31. The van der Waals surface area contributed by atoms with E-state index >= 15 is 0 Å². The monoisotopic (exact) mass is 460 g/mol. The molecule has 1 saturated heterocycles. The minimum atomic E-state index is -0.545. The van der Waals surface area contributed by atoms with Gasteiger partial charge in [0.2, 0.25) is 5.91 Å². The summed E-state index contributed by atoms with van der Waals surface area (Å²) in [6.07, 6.45) is 3.21. The predicted molar refractivity (Wildman–Crippen MR) is 118 cm³/mol. The molecule has 1 unspecified atom stereocenters. The molecule has 0 saturated carbocycles. The third kappa shape index (κ3) is 5.12. The van der Waals surface area contributed by atoms with Crippen LogP contribution in [0.3, 0.4) is 0 Å². The first-order valence-electron chi connectivity index (χ1n) is 10.8. The summed E-state index contributed by atoms with van der Waals surface area (Å²) in [4.78, 5) is 46.6. The summed E-state index contributed by atoms with van der Waals surface area (Å²) in [6, 6.07) is 3.31. The molecule has 1 fully saturated rings. The Morgan fingerprint density at radius 1 is 1.25 bits per heavy atom. The Morgan fingerprint density at radius 2 is 2.06 bits per heavy atom. The molecule has 0 radical (unpaired) electrons. The molecule has 2 aliphatic rings. The fraction of sp³-hybridized carbons (Fsp3) is 0.545. The number of fused-ring (bicyclic) bond motifs is 1. The number of carbonyl (C=O) groups excluding carboxylic acids is 3. The summed E-state index contributed by atoms with van der Waals surface area (Å²) in [5.74, 6) is -0.355. The quantitative estimate of drug-likeness (QED) is 0.751. The number of carbonyl (C=O) groups is 3. The van der Waals surface area contributed by atoms with Crippen LogP contribution < -0.4 is 5.32 Å². The molecule has 2 aromatic heterocycles. The number of anilines is 1. The maximum Gasteiger partial charge on any atom is 0.410 e. The van der Waals surface area contributed by atoms with E-state index < -0.39 is 5.60 Å². The molecule has 4 heterocycles. The van der Waals surface area contributed by atoms with E-state index in [1.165, 1.54) is 17.6 Å². The SMILES string of the molecule is CC(C)(C)OC(=O)N1CCc2nc(NC(=O)C3CCCN(C(=O)c4ccco4)C3)sc2C1. The molecule has 0 aromatic carbocycles. The van der Waals surface area contributed by atoms with Gasteiger partial charge in [0.05, 0.1) is 24.4 Å². The maximum absolute atomic E-state index is 12.9. The first-order valence-corrected chi connectivity index (χ1v) is 11.6. The lowest BCUT2D eigenvalue weighted by molar-refractivity contribution is -0.121. The number of ether oxygens (including phenoxy) is 1. The lowest BCUT2D eigenvalue weighted by Crippen LogP contribution is -2.43. The maximum atomic E-state index is 12.9. The lowest BCUT2D eigenvalue weighted by atomic mass is 9.97. The van der Waals surface area contributed by atoms with Gasteiger partial charge in [0.15, 0.2) is 10.9 Å². The van der Waals surface area contributed by atoms with Crippen LogP contribution in [-0.2, 0) is 22.5 Å². The molecule has 0 aliphatic carbocycles. The van der Waals surface area contributed by atoms with Crippen molar-refractivity contribution >= 4 is 34.4 Å². The van der Waals surface area contributed by atoms with E-state index in [2.05, 4.69) is 10.3 Å². The van der Waals surface area contributed by atoms with Gasteiger partial charge in [-0.1, -0.05) is 11.3 Å². The third-order valence-corrected chi connectivity index (χ3v) is 6.42. The Kier molecular flexibility index (Phi) is 6.23. The number of aromatic nitrogens is 1. The summed E-state index contributed by atoms with van der Waals surface area (Å²) in [7, 11) is 0. The number of furan rings is 1. The number of hydrogen-bond acceptors (Lipinski definition) is 7. The summed E-state index contributed by atoms with van der Waals surface area (Å²) < 4.78 is 10.7. The van der Waals surface area contributed by atoms with Crippen molar-refractivity contribution in [3.05, 3.63) is 34.7 Å². The number of rotatable bonds is 3. The number of likely N-dealkylation sites (tertiary alicyclic amines) is 1. The predicted octanol–water partition coefficient (Wildman–Crippen LogP) is 3.52. The van der Waals surface area contributed by atoms with Gasteiger partial charge in [0, 0.05) is 30.9 Å². The van der Waals surface area contributed by atoms with Gasteiger partial charge < -0.3 is 24.3 Å². The molecule has 2 aliphatic heterocycles. The van der Waals surface area contributed by atoms with Gasteiger partial charge in [-0.3, -0.25) is 9.59 Å². The summed E-state index contributed by atoms with van der Waals surface area (Å²) in [6.45, 7) is 7.44. The number of nitrogens with zero attached hydrogens (tertiary/aromatic N) is 3. The number of nitrogens with one attached hydrogen (secondary N) is 1. The second kappa shape index (κ2) is 8.93. The highest BCUT2D eigenvalue weighted by molar-refractivity contribution is 7.15. The summed E-state index contributed by atoms with van der Waals surface area (Å²) >= 11 is 1.38. The minimum Gasteiger partial charge on any atom is -0.459 e. The van der Waals surface area contributed by atoms with E-state index in [9.17, 15) is 14.4 Å². The van der Waals surface area contributed by atoms with Gasteiger partial charge in [-0.2, -0.15) is 0 Å². The van der Waals surface area contributed by atoms with Crippen molar-refractivity contribution in [2.45, 2.75) is 52.2 Å². The second-order valence-electron chi connectivity index (χ2n) is 9.10. The van der Waals surface area contributed by atoms with E-state index in [4.69, 9.17) is 9.15 Å². The highest BCUT2D eigenvalue weighted by Gasteiger charge is 2.32. The standard InChI is InChI=1S/C22H28N4O5S/c1-22(2,3)31-21(29)26-10-8-15-17(13-26)32-20(23-15)24-18(27)14-6-4-9-25(12-14)19(28)16-7-5-11-30-16/h5,7,11,14H,4,6,8-10,12-13H2,1-3H3,(H,23,24,27). The van der Waals surface area contributed by atoms with Crippen molar-refractivity contribution in [1.29, 1.82) is 0 Å². The van der Waals surface area contributed by atoms with E-state index in [0.29, 0.717) is 44.2 Å². The molecule has 1 N–H and O–H groups in total. The molecule has 0 spiro atoms. The number of piperidine rings is 1. The Labute approximate surface area is 190 Å². The molecule has 0 bridgehead atoms. The van der Waals surface area contributed by atoms with E-state index in [-0.39, 0.29) is 29.6 Å². The fourth-order valence-electron chi connectivity index (χ4n) is 3.87. The van der Waals surface area contributed by atoms with Crippen LogP contribution in [0.2, 0.25) is 0 Å². The molecule has 4 rings (SSSR count). The van der Waals surface area contributed by atoms with Crippen LogP contribution in [-0.4, -0.2) is 57.9 Å². The first-order chi connectivity index (χ1) is 15.2. The molecule has 172 valence electrons.